The lowest BCUT2D eigenvalue weighted by molar-refractivity contribution is -0.125. The third kappa shape index (κ3) is 3.04. The molecule has 0 radical (unpaired) electrons. The van der Waals surface area contributed by atoms with Crippen molar-refractivity contribution < 1.29 is 9.53 Å². The highest BCUT2D eigenvalue weighted by Crippen LogP contribution is 2.36. The molecule has 0 bridgehead atoms. The molecule has 1 amide bonds. The van der Waals surface area contributed by atoms with Gasteiger partial charge in [0, 0.05) is 30.4 Å². The van der Waals surface area contributed by atoms with Crippen molar-refractivity contribution in [3.63, 3.8) is 0 Å². The number of fused-ring (bicyclic) bond motifs is 1. The van der Waals surface area contributed by atoms with E-state index in [0.29, 0.717) is 12.5 Å². The zero-order valence-electron chi connectivity index (χ0n) is 12.9. The fourth-order valence-corrected chi connectivity index (χ4v) is 4.39. The van der Waals surface area contributed by atoms with Crippen LogP contribution in [0.2, 0.25) is 0 Å². The number of rotatable bonds is 3. The zero-order chi connectivity index (χ0) is 15.6. The summed E-state index contributed by atoms with van der Waals surface area (Å²) < 4.78 is 6.01. The van der Waals surface area contributed by atoms with E-state index in [4.69, 9.17) is 4.74 Å². The summed E-state index contributed by atoms with van der Waals surface area (Å²) in [4.78, 5) is 15.5. The number of benzene rings is 1. The summed E-state index contributed by atoms with van der Waals surface area (Å²) in [5, 5.41) is 5.11. The van der Waals surface area contributed by atoms with E-state index in [9.17, 15) is 4.79 Å². The van der Waals surface area contributed by atoms with Gasteiger partial charge >= 0.3 is 0 Å². The van der Waals surface area contributed by atoms with Gasteiger partial charge in [0.25, 0.3) is 0 Å². The van der Waals surface area contributed by atoms with Crippen molar-refractivity contribution in [1.29, 1.82) is 0 Å². The third-order valence-electron chi connectivity index (χ3n) is 4.76. The average molecular weight is 328 g/mol. The van der Waals surface area contributed by atoms with Crippen LogP contribution in [-0.4, -0.2) is 42.6 Å². The van der Waals surface area contributed by atoms with Gasteiger partial charge in [0.2, 0.25) is 5.91 Å². The standard InChI is InChI=1S/C18H20N2O2S/c21-17-12-22-18-15(13-5-2-1-3-6-13)11-20(16(18)9-19-17)10-14-7-4-8-23-14/h1-8,15-16,18H,9-12H2,(H,19,21)/t15-,16-,18-/m1/s1. The first kappa shape index (κ1) is 14.9. The van der Waals surface area contributed by atoms with Gasteiger partial charge in [-0.15, -0.1) is 11.3 Å². The molecular weight excluding hydrogens is 308 g/mol. The Labute approximate surface area is 140 Å². The highest BCUT2D eigenvalue weighted by atomic mass is 32.1. The molecule has 2 aromatic rings. The molecule has 3 heterocycles. The molecule has 5 heteroatoms. The Morgan fingerprint density at radius 1 is 1.22 bits per heavy atom. The van der Waals surface area contributed by atoms with Gasteiger partial charge < -0.3 is 10.1 Å². The average Bonchev–Trinajstić information content (AvgIpc) is 3.16. The van der Waals surface area contributed by atoms with Crippen LogP contribution in [0.4, 0.5) is 0 Å². The van der Waals surface area contributed by atoms with Crippen LogP contribution in [0.15, 0.2) is 47.8 Å². The molecule has 2 saturated heterocycles. The smallest absolute Gasteiger partial charge is 0.246 e. The topological polar surface area (TPSA) is 41.6 Å². The molecule has 2 fully saturated rings. The first-order valence-corrected chi connectivity index (χ1v) is 8.89. The summed E-state index contributed by atoms with van der Waals surface area (Å²) >= 11 is 1.78. The van der Waals surface area contributed by atoms with Crippen LogP contribution in [0.5, 0.6) is 0 Å². The Hall–Kier alpha value is -1.69. The first-order chi connectivity index (χ1) is 11.3. The van der Waals surface area contributed by atoms with E-state index in [2.05, 4.69) is 52.0 Å². The second kappa shape index (κ2) is 6.43. The fraction of sp³-hybridized carbons (Fsp3) is 0.389. The summed E-state index contributed by atoms with van der Waals surface area (Å²) in [5.74, 6) is 0.302. The van der Waals surface area contributed by atoms with Crippen LogP contribution in [0.3, 0.4) is 0 Å². The molecule has 23 heavy (non-hydrogen) atoms. The molecule has 4 rings (SSSR count). The van der Waals surface area contributed by atoms with Gasteiger partial charge in [-0.3, -0.25) is 9.69 Å². The van der Waals surface area contributed by atoms with E-state index < -0.39 is 0 Å². The van der Waals surface area contributed by atoms with Crippen molar-refractivity contribution in [2.24, 2.45) is 0 Å². The quantitative estimate of drug-likeness (QED) is 0.939. The lowest BCUT2D eigenvalue weighted by Crippen LogP contribution is -2.42. The van der Waals surface area contributed by atoms with E-state index in [-0.39, 0.29) is 24.7 Å². The Kier molecular flexibility index (Phi) is 4.16. The summed E-state index contributed by atoms with van der Waals surface area (Å²) in [6.45, 7) is 2.71. The van der Waals surface area contributed by atoms with E-state index in [1.165, 1.54) is 10.4 Å². The molecule has 3 atom stereocenters. The molecule has 2 aliphatic rings. The van der Waals surface area contributed by atoms with Gasteiger partial charge in [-0.2, -0.15) is 0 Å². The minimum absolute atomic E-state index is 0.0118. The van der Waals surface area contributed by atoms with Crippen molar-refractivity contribution in [2.75, 3.05) is 19.7 Å². The monoisotopic (exact) mass is 328 g/mol. The lowest BCUT2D eigenvalue weighted by atomic mass is 9.93. The molecular formula is C18H20N2O2S. The van der Waals surface area contributed by atoms with Crippen LogP contribution in [0, 0.1) is 0 Å². The fourth-order valence-electron chi connectivity index (χ4n) is 3.66. The van der Waals surface area contributed by atoms with Gasteiger partial charge in [0.1, 0.15) is 6.61 Å². The van der Waals surface area contributed by atoms with Crippen molar-refractivity contribution in [2.45, 2.75) is 24.6 Å². The normalized spacial score (nSPS) is 28.2. The molecule has 0 aliphatic carbocycles. The SMILES string of the molecule is O=C1CO[C@@H]2[C@@H](c3ccccc3)CN(Cc3cccs3)[C@@H]2CN1. The largest absolute Gasteiger partial charge is 0.366 e. The minimum Gasteiger partial charge on any atom is -0.366 e. The van der Waals surface area contributed by atoms with Crippen LogP contribution in [0.1, 0.15) is 16.4 Å². The first-order valence-electron chi connectivity index (χ1n) is 8.01. The maximum atomic E-state index is 11.7. The minimum atomic E-state index is -0.0118. The number of thiophene rings is 1. The second-order valence-electron chi connectivity index (χ2n) is 6.17. The van der Waals surface area contributed by atoms with Crippen LogP contribution < -0.4 is 5.32 Å². The number of nitrogens with zero attached hydrogens (tertiary/aromatic N) is 1. The molecule has 1 N–H and O–H groups in total. The predicted molar refractivity (Wildman–Crippen MR) is 90.4 cm³/mol. The summed E-state index contributed by atoms with van der Waals surface area (Å²) in [7, 11) is 0. The van der Waals surface area contributed by atoms with Crippen molar-refractivity contribution in [3.05, 3.63) is 58.3 Å². The number of carbonyl (C=O) groups is 1. The van der Waals surface area contributed by atoms with Crippen molar-refractivity contribution in [3.8, 4) is 0 Å². The van der Waals surface area contributed by atoms with Crippen molar-refractivity contribution in [1.82, 2.24) is 10.2 Å². The van der Waals surface area contributed by atoms with E-state index in [0.717, 1.165) is 13.1 Å². The number of nitrogens with one attached hydrogen (secondary N) is 1. The number of amides is 1. The highest BCUT2D eigenvalue weighted by Gasteiger charge is 2.44. The summed E-state index contributed by atoms with van der Waals surface area (Å²) in [5.41, 5.74) is 1.30. The van der Waals surface area contributed by atoms with Gasteiger partial charge in [-0.05, 0) is 17.0 Å². The van der Waals surface area contributed by atoms with Gasteiger partial charge in [-0.25, -0.2) is 0 Å². The highest BCUT2D eigenvalue weighted by molar-refractivity contribution is 7.09. The Morgan fingerprint density at radius 2 is 2.09 bits per heavy atom. The van der Waals surface area contributed by atoms with E-state index in [1.54, 1.807) is 11.3 Å². The lowest BCUT2D eigenvalue weighted by Gasteiger charge is -2.25. The molecule has 0 unspecified atom stereocenters. The number of hydrogen-bond acceptors (Lipinski definition) is 4. The summed E-state index contributed by atoms with van der Waals surface area (Å²) in [6.07, 6.45) is 0.0660. The Morgan fingerprint density at radius 3 is 2.87 bits per heavy atom. The predicted octanol–water partition coefficient (Wildman–Crippen LogP) is 2.23. The van der Waals surface area contributed by atoms with Gasteiger partial charge in [0.05, 0.1) is 12.1 Å². The van der Waals surface area contributed by atoms with Gasteiger partial charge in [0.15, 0.2) is 0 Å². The molecule has 120 valence electrons. The molecule has 0 spiro atoms. The van der Waals surface area contributed by atoms with Gasteiger partial charge in [-0.1, -0.05) is 36.4 Å². The van der Waals surface area contributed by atoms with Crippen molar-refractivity contribution >= 4 is 17.2 Å². The molecule has 1 aromatic heterocycles. The number of hydrogen-bond donors (Lipinski definition) is 1. The Bertz CT molecular complexity index is 659. The van der Waals surface area contributed by atoms with E-state index >= 15 is 0 Å². The van der Waals surface area contributed by atoms with Crippen LogP contribution >= 0.6 is 11.3 Å². The maximum Gasteiger partial charge on any atom is 0.246 e. The number of ether oxygens (including phenoxy) is 1. The maximum absolute atomic E-state index is 11.7. The van der Waals surface area contributed by atoms with Crippen LogP contribution in [0.25, 0.3) is 0 Å². The van der Waals surface area contributed by atoms with E-state index in [1.807, 2.05) is 6.07 Å². The number of carbonyl (C=O) groups excluding carboxylic acids is 1. The zero-order valence-corrected chi connectivity index (χ0v) is 13.7. The van der Waals surface area contributed by atoms with Crippen LogP contribution in [-0.2, 0) is 16.1 Å². The molecule has 0 saturated carbocycles. The summed E-state index contributed by atoms with van der Waals surface area (Å²) in [6, 6.07) is 15.0. The Balaban J connectivity index is 1.61. The number of likely N-dealkylation sites (tertiary alicyclic amines) is 1. The molecule has 4 nitrogen and oxygen atoms in total. The second-order valence-corrected chi connectivity index (χ2v) is 7.21. The molecule has 1 aromatic carbocycles. The molecule has 2 aliphatic heterocycles. The third-order valence-corrected chi connectivity index (χ3v) is 5.62.